The standard InChI is InChI=1S/C37H21BN2O/c1-39-27-17-14-24(15-18-27)26-20-33-36-35(22-26)41-34-21-25(23-8-3-2-4-9-23)16-19-30(34)38(36)31-12-7-11-29-28-10-5-6-13-32(28)40(33)37(29)31/h2-22H. The van der Waals surface area contributed by atoms with Gasteiger partial charge in [-0.2, -0.15) is 0 Å². The number of hydrogen-bond donors (Lipinski definition) is 0. The number of hydrogen-bond acceptors (Lipinski definition) is 1. The summed E-state index contributed by atoms with van der Waals surface area (Å²) >= 11 is 0. The van der Waals surface area contributed by atoms with Crippen LogP contribution in [0.4, 0.5) is 5.69 Å². The smallest absolute Gasteiger partial charge is 0.256 e. The quantitative estimate of drug-likeness (QED) is 0.170. The first-order chi connectivity index (χ1) is 20.3. The maximum absolute atomic E-state index is 7.38. The lowest BCUT2D eigenvalue weighted by Gasteiger charge is -2.34. The van der Waals surface area contributed by atoms with E-state index in [0.717, 1.165) is 33.9 Å². The predicted octanol–water partition coefficient (Wildman–Crippen LogP) is 7.60. The molecule has 188 valence electrons. The average Bonchev–Trinajstić information content (AvgIpc) is 3.38. The molecule has 0 bridgehead atoms. The summed E-state index contributed by atoms with van der Waals surface area (Å²) in [5.74, 6) is 1.78. The summed E-state index contributed by atoms with van der Waals surface area (Å²) in [7, 11) is 0. The zero-order valence-corrected chi connectivity index (χ0v) is 22.0. The summed E-state index contributed by atoms with van der Waals surface area (Å²) in [5, 5.41) is 2.52. The van der Waals surface area contributed by atoms with Crippen molar-refractivity contribution in [3.63, 3.8) is 0 Å². The third kappa shape index (κ3) is 3.09. The van der Waals surface area contributed by atoms with Crippen LogP contribution in [0.3, 0.4) is 0 Å². The highest BCUT2D eigenvalue weighted by Crippen LogP contribution is 2.40. The monoisotopic (exact) mass is 520 g/mol. The van der Waals surface area contributed by atoms with Crippen molar-refractivity contribution in [1.82, 2.24) is 4.57 Å². The zero-order chi connectivity index (χ0) is 27.1. The minimum Gasteiger partial charge on any atom is -0.458 e. The lowest BCUT2D eigenvalue weighted by molar-refractivity contribution is 0.487. The van der Waals surface area contributed by atoms with Crippen molar-refractivity contribution in [2.45, 2.75) is 0 Å². The summed E-state index contributed by atoms with van der Waals surface area (Å²) in [6.07, 6.45) is 0. The molecule has 9 rings (SSSR count). The highest BCUT2D eigenvalue weighted by Gasteiger charge is 2.40. The molecule has 4 heteroatoms. The number of nitrogens with zero attached hydrogens (tertiary/aromatic N) is 2. The van der Waals surface area contributed by atoms with E-state index in [2.05, 4.69) is 106 Å². The second-order valence-electron chi connectivity index (χ2n) is 10.8. The molecule has 7 aromatic rings. The van der Waals surface area contributed by atoms with E-state index in [-0.39, 0.29) is 6.71 Å². The van der Waals surface area contributed by atoms with E-state index >= 15 is 0 Å². The molecule has 0 aliphatic carbocycles. The van der Waals surface area contributed by atoms with E-state index in [1.54, 1.807) is 0 Å². The Morgan fingerprint density at radius 1 is 0.585 bits per heavy atom. The van der Waals surface area contributed by atoms with Gasteiger partial charge < -0.3 is 9.30 Å². The molecule has 3 heterocycles. The molecular weight excluding hydrogens is 499 g/mol. The summed E-state index contributed by atoms with van der Waals surface area (Å²) < 4.78 is 9.26. The molecule has 0 fully saturated rings. The molecule has 6 aromatic carbocycles. The highest BCUT2D eigenvalue weighted by molar-refractivity contribution is 6.99. The molecule has 0 N–H and O–H groups in total. The molecular formula is C37H21BN2O. The van der Waals surface area contributed by atoms with Crippen LogP contribution < -0.4 is 21.1 Å². The van der Waals surface area contributed by atoms with Gasteiger partial charge in [0.25, 0.3) is 6.71 Å². The Balaban J connectivity index is 1.37. The van der Waals surface area contributed by atoms with Crippen LogP contribution in [0.5, 0.6) is 11.5 Å². The van der Waals surface area contributed by atoms with Crippen LogP contribution >= 0.6 is 0 Å². The summed E-state index contributed by atoms with van der Waals surface area (Å²) in [5.41, 5.74) is 12.4. The average molecular weight is 520 g/mol. The number of fused-ring (bicyclic) bond motifs is 7. The Morgan fingerprint density at radius 2 is 1.32 bits per heavy atom. The van der Waals surface area contributed by atoms with Crippen molar-refractivity contribution in [1.29, 1.82) is 0 Å². The van der Waals surface area contributed by atoms with E-state index in [0.29, 0.717) is 5.69 Å². The van der Waals surface area contributed by atoms with E-state index in [9.17, 15) is 0 Å². The fourth-order valence-corrected chi connectivity index (χ4v) is 6.86. The second kappa shape index (κ2) is 8.24. The van der Waals surface area contributed by atoms with Gasteiger partial charge in [0.15, 0.2) is 5.69 Å². The van der Waals surface area contributed by atoms with E-state index in [1.807, 2.05) is 30.3 Å². The van der Waals surface area contributed by atoms with Gasteiger partial charge in [-0.15, -0.1) is 0 Å². The summed E-state index contributed by atoms with van der Waals surface area (Å²) in [4.78, 5) is 3.59. The lowest BCUT2D eigenvalue weighted by Crippen LogP contribution is -2.58. The van der Waals surface area contributed by atoms with Gasteiger partial charge in [0.2, 0.25) is 0 Å². The molecule has 0 saturated carbocycles. The largest absolute Gasteiger partial charge is 0.458 e. The zero-order valence-electron chi connectivity index (χ0n) is 22.0. The van der Waals surface area contributed by atoms with Gasteiger partial charge in [-0.1, -0.05) is 103 Å². The molecule has 0 spiro atoms. The van der Waals surface area contributed by atoms with Crippen molar-refractivity contribution >= 4 is 50.6 Å². The minimum atomic E-state index is 0.0626. The van der Waals surface area contributed by atoms with Crippen LogP contribution in [0.2, 0.25) is 0 Å². The summed E-state index contributed by atoms with van der Waals surface area (Å²) in [6, 6.07) is 44.8. The normalized spacial score (nSPS) is 12.5. The topological polar surface area (TPSA) is 18.5 Å². The van der Waals surface area contributed by atoms with Gasteiger partial charge in [-0.3, -0.25) is 0 Å². The predicted molar refractivity (Wildman–Crippen MR) is 169 cm³/mol. The molecule has 0 unspecified atom stereocenters. The fourth-order valence-electron chi connectivity index (χ4n) is 6.86. The number of ether oxygens (including phenoxy) is 1. The Labute approximate surface area is 237 Å². The molecule has 0 atom stereocenters. The summed E-state index contributed by atoms with van der Waals surface area (Å²) in [6.45, 7) is 7.44. The van der Waals surface area contributed by atoms with Crippen LogP contribution in [0, 0.1) is 6.57 Å². The van der Waals surface area contributed by atoms with Gasteiger partial charge in [-0.25, -0.2) is 4.85 Å². The Bertz CT molecular complexity index is 2240. The van der Waals surface area contributed by atoms with Crippen LogP contribution in [-0.2, 0) is 0 Å². The molecule has 0 radical (unpaired) electrons. The second-order valence-corrected chi connectivity index (χ2v) is 10.8. The first-order valence-corrected chi connectivity index (χ1v) is 13.8. The Kier molecular flexibility index (Phi) is 4.48. The Hall–Kier alpha value is -5.53. The van der Waals surface area contributed by atoms with Crippen LogP contribution in [0.15, 0.2) is 127 Å². The van der Waals surface area contributed by atoms with Crippen LogP contribution in [-0.4, -0.2) is 11.3 Å². The maximum atomic E-state index is 7.38. The van der Waals surface area contributed by atoms with Crippen LogP contribution in [0.1, 0.15) is 0 Å². The minimum absolute atomic E-state index is 0.0626. The van der Waals surface area contributed by atoms with E-state index in [1.165, 1.54) is 43.8 Å². The SMILES string of the molecule is [C-]#[N+]c1ccc(-c2cc3c4c(c2)-n2c5ccccc5c5cccc(c52)B4c2ccc(-c4ccccc4)cc2O3)cc1. The number of para-hydroxylation sites is 2. The molecule has 2 aliphatic rings. The van der Waals surface area contributed by atoms with Gasteiger partial charge >= 0.3 is 0 Å². The highest BCUT2D eigenvalue weighted by atomic mass is 16.5. The van der Waals surface area contributed by atoms with Gasteiger partial charge in [0, 0.05) is 22.0 Å². The Morgan fingerprint density at radius 3 is 2.17 bits per heavy atom. The number of benzene rings is 6. The third-order valence-corrected chi connectivity index (χ3v) is 8.67. The molecule has 2 aliphatic heterocycles. The van der Waals surface area contributed by atoms with Gasteiger partial charge in [0.1, 0.15) is 11.5 Å². The van der Waals surface area contributed by atoms with Crippen molar-refractivity contribution < 1.29 is 4.74 Å². The first-order valence-electron chi connectivity index (χ1n) is 13.8. The molecule has 0 saturated heterocycles. The van der Waals surface area contributed by atoms with Crippen molar-refractivity contribution in [3.05, 3.63) is 139 Å². The van der Waals surface area contributed by atoms with Crippen molar-refractivity contribution in [2.24, 2.45) is 0 Å². The fraction of sp³-hybridized carbons (Fsp3) is 0. The third-order valence-electron chi connectivity index (χ3n) is 8.67. The van der Waals surface area contributed by atoms with Crippen molar-refractivity contribution in [3.8, 4) is 39.4 Å². The molecule has 41 heavy (non-hydrogen) atoms. The van der Waals surface area contributed by atoms with E-state index < -0.39 is 0 Å². The number of rotatable bonds is 2. The first kappa shape index (κ1) is 22.3. The van der Waals surface area contributed by atoms with Gasteiger partial charge in [0.05, 0.1) is 12.1 Å². The van der Waals surface area contributed by atoms with Crippen LogP contribution in [0.25, 0.3) is 54.6 Å². The number of aromatic nitrogens is 1. The van der Waals surface area contributed by atoms with E-state index in [4.69, 9.17) is 11.3 Å². The molecule has 3 nitrogen and oxygen atoms in total. The van der Waals surface area contributed by atoms with Gasteiger partial charge in [-0.05, 0) is 62.9 Å². The van der Waals surface area contributed by atoms with Crippen molar-refractivity contribution in [2.75, 3.05) is 0 Å². The molecule has 1 aromatic heterocycles. The lowest BCUT2D eigenvalue weighted by atomic mass is 9.34. The maximum Gasteiger partial charge on any atom is 0.256 e. The molecule has 0 amide bonds.